The average molecular weight is 280 g/mol. The molecule has 0 aliphatic rings. The molecule has 81 valence electrons. The molecule has 1 nitrogen and oxygen atoms in total. The third-order valence-electron chi connectivity index (χ3n) is 2.06. The molecule has 2 rings (SSSR count). The van der Waals surface area contributed by atoms with Crippen molar-refractivity contribution in [1.82, 2.24) is 0 Å². The van der Waals surface area contributed by atoms with Gasteiger partial charge in [0.05, 0.1) is 4.47 Å². The van der Waals surface area contributed by atoms with Crippen molar-refractivity contribution in [2.24, 2.45) is 0 Å². The summed E-state index contributed by atoms with van der Waals surface area (Å²) in [6.45, 7) is 0.454. The van der Waals surface area contributed by atoms with E-state index >= 15 is 0 Å². The van der Waals surface area contributed by atoms with Gasteiger partial charge in [-0.3, -0.25) is 0 Å². The van der Waals surface area contributed by atoms with E-state index in [1.54, 1.807) is 6.07 Å². The molecule has 16 heavy (non-hydrogen) atoms. The predicted octanol–water partition coefficient (Wildman–Crippen LogP) is 3.97. The second kappa shape index (κ2) is 5.12. The first-order chi connectivity index (χ1) is 7.75. The summed E-state index contributed by atoms with van der Waals surface area (Å²) in [6.07, 6.45) is 0. The van der Waals surface area contributed by atoms with Gasteiger partial charge in [0.1, 0.15) is 18.2 Å². The molecule has 0 unspecified atom stereocenters. The van der Waals surface area contributed by atoms with E-state index < -0.39 is 0 Å². The van der Waals surface area contributed by atoms with E-state index in [1.165, 1.54) is 6.07 Å². The van der Waals surface area contributed by atoms with Gasteiger partial charge in [0, 0.05) is 6.07 Å². The highest BCUT2D eigenvalue weighted by Crippen LogP contribution is 2.21. The minimum atomic E-state index is -0.341. The summed E-state index contributed by atoms with van der Waals surface area (Å²) in [5.74, 6) is 0.184. The molecule has 3 heteroatoms. The molecule has 2 aromatic carbocycles. The van der Waals surface area contributed by atoms with Crippen molar-refractivity contribution in [2.75, 3.05) is 0 Å². The lowest BCUT2D eigenvalue weighted by molar-refractivity contribution is 0.305. The van der Waals surface area contributed by atoms with E-state index in [-0.39, 0.29) is 5.82 Å². The largest absolute Gasteiger partial charge is 0.488 e. The van der Waals surface area contributed by atoms with Gasteiger partial charge >= 0.3 is 0 Å². The maximum atomic E-state index is 12.9. The summed E-state index contributed by atoms with van der Waals surface area (Å²) in [5.41, 5.74) is 1.07. The van der Waals surface area contributed by atoms with E-state index in [1.807, 2.05) is 30.3 Å². The van der Waals surface area contributed by atoms with Gasteiger partial charge in [-0.05, 0) is 33.6 Å². The van der Waals surface area contributed by atoms with Crippen molar-refractivity contribution >= 4 is 15.9 Å². The zero-order valence-electron chi connectivity index (χ0n) is 8.41. The lowest BCUT2D eigenvalue weighted by atomic mass is 10.2. The third kappa shape index (κ3) is 2.83. The smallest absolute Gasteiger partial charge is 0.138 e. The van der Waals surface area contributed by atoms with Crippen molar-refractivity contribution < 1.29 is 9.13 Å². The normalized spacial score (nSPS) is 10.1. The Labute approximate surface area is 102 Å². The molecule has 0 aliphatic heterocycles. The van der Waals surface area contributed by atoms with Gasteiger partial charge in [0.2, 0.25) is 0 Å². The van der Waals surface area contributed by atoms with E-state index in [0.29, 0.717) is 16.8 Å². The summed E-state index contributed by atoms with van der Waals surface area (Å²) in [6, 6.07) is 15.3. The maximum absolute atomic E-state index is 12.9. The van der Waals surface area contributed by atoms with Crippen LogP contribution in [-0.4, -0.2) is 0 Å². The van der Waals surface area contributed by atoms with Crippen molar-refractivity contribution in [2.45, 2.75) is 6.61 Å². The van der Waals surface area contributed by atoms with Gasteiger partial charge in [-0.1, -0.05) is 30.3 Å². The Hall–Kier alpha value is -1.35. The van der Waals surface area contributed by atoms with E-state index in [0.717, 1.165) is 5.56 Å². The first-order valence-electron chi connectivity index (χ1n) is 4.79. The van der Waals surface area contributed by atoms with Crippen molar-refractivity contribution in [3.05, 3.63) is 64.4 Å². The summed E-state index contributed by atoms with van der Waals surface area (Å²) in [5, 5.41) is 0. The lowest BCUT2D eigenvalue weighted by Gasteiger charge is -2.06. The van der Waals surface area contributed by atoms with Crippen LogP contribution in [0, 0.1) is 11.9 Å². The van der Waals surface area contributed by atoms with Crippen LogP contribution in [0.2, 0.25) is 0 Å². The number of benzene rings is 2. The molecule has 0 aromatic heterocycles. The van der Waals surface area contributed by atoms with Crippen LogP contribution in [0.3, 0.4) is 0 Å². The zero-order valence-corrected chi connectivity index (χ0v) is 10.00. The lowest BCUT2D eigenvalue weighted by Crippen LogP contribution is -1.95. The molecule has 1 radical (unpaired) electrons. The van der Waals surface area contributed by atoms with Crippen LogP contribution in [0.25, 0.3) is 0 Å². The Bertz CT molecular complexity index is 471. The molecule has 0 fully saturated rings. The van der Waals surface area contributed by atoms with Gasteiger partial charge < -0.3 is 4.74 Å². The van der Waals surface area contributed by atoms with Crippen LogP contribution in [0.1, 0.15) is 5.56 Å². The number of halogens is 2. The highest BCUT2D eigenvalue weighted by molar-refractivity contribution is 9.10. The molecule has 0 amide bonds. The Morgan fingerprint density at radius 3 is 2.69 bits per heavy atom. The van der Waals surface area contributed by atoms with E-state index in [2.05, 4.69) is 22.0 Å². The molecule has 0 spiro atoms. The number of hydrogen-bond donors (Lipinski definition) is 0. The molecule has 0 bridgehead atoms. The summed E-state index contributed by atoms with van der Waals surface area (Å²) in [4.78, 5) is 0. The first-order valence-corrected chi connectivity index (χ1v) is 5.58. The van der Waals surface area contributed by atoms with E-state index in [4.69, 9.17) is 4.74 Å². The fourth-order valence-electron chi connectivity index (χ4n) is 1.25. The van der Waals surface area contributed by atoms with Gasteiger partial charge in [0.15, 0.2) is 0 Å². The van der Waals surface area contributed by atoms with Crippen LogP contribution >= 0.6 is 15.9 Å². The Morgan fingerprint density at radius 1 is 1.25 bits per heavy atom. The van der Waals surface area contributed by atoms with Crippen molar-refractivity contribution in [3.8, 4) is 5.75 Å². The van der Waals surface area contributed by atoms with Crippen LogP contribution in [0.15, 0.2) is 46.9 Å². The summed E-state index contributed by atoms with van der Waals surface area (Å²) in [7, 11) is 0. The van der Waals surface area contributed by atoms with Gasteiger partial charge in [-0.2, -0.15) is 0 Å². The molecule has 0 aliphatic carbocycles. The Balaban J connectivity index is 2.03. The van der Waals surface area contributed by atoms with Crippen molar-refractivity contribution in [3.63, 3.8) is 0 Å². The van der Waals surface area contributed by atoms with Crippen LogP contribution < -0.4 is 4.74 Å². The SMILES string of the molecule is Fc1c[c]c(OCc2ccccc2)cc1Br. The minimum Gasteiger partial charge on any atom is -0.488 e. The van der Waals surface area contributed by atoms with Gasteiger partial charge in [-0.25, -0.2) is 4.39 Å². The standard InChI is InChI=1S/C13H9BrFO/c14-12-8-11(6-7-13(12)15)16-9-10-4-2-1-3-5-10/h1-5,7-8H,9H2. The Kier molecular flexibility index (Phi) is 3.57. The average Bonchev–Trinajstić information content (AvgIpc) is 2.32. The minimum absolute atomic E-state index is 0.341. The molecular weight excluding hydrogens is 271 g/mol. The monoisotopic (exact) mass is 279 g/mol. The molecule has 0 N–H and O–H groups in total. The van der Waals surface area contributed by atoms with Crippen LogP contribution in [0.5, 0.6) is 5.75 Å². The predicted molar refractivity (Wildman–Crippen MR) is 63.7 cm³/mol. The molecule has 0 heterocycles. The van der Waals surface area contributed by atoms with E-state index in [9.17, 15) is 4.39 Å². The van der Waals surface area contributed by atoms with Gasteiger partial charge in [0.25, 0.3) is 0 Å². The topological polar surface area (TPSA) is 9.23 Å². The van der Waals surface area contributed by atoms with Crippen LogP contribution in [0.4, 0.5) is 4.39 Å². The highest BCUT2D eigenvalue weighted by Gasteiger charge is 2.01. The highest BCUT2D eigenvalue weighted by atomic mass is 79.9. The second-order valence-corrected chi connectivity index (χ2v) is 4.12. The fraction of sp³-hybridized carbons (Fsp3) is 0.0769. The fourth-order valence-corrected chi connectivity index (χ4v) is 1.57. The first kappa shape index (κ1) is 11.1. The number of hydrogen-bond acceptors (Lipinski definition) is 1. The quantitative estimate of drug-likeness (QED) is 0.826. The zero-order chi connectivity index (χ0) is 11.4. The third-order valence-corrected chi connectivity index (χ3v) is 2.67. The molecule has 2 aromatic rings. The summed E-state index contributed by atoms with van der Waals surface area (Å²) >= 11 is 3.10. The molecule has 0 saturated carbocycles. The molecular formula is C13H9BrFO. The number of ether oxygens (including phenoxy) is 1. The molecule has 0 atom stereocenters. The summed E-state index contributed by atoms with van der Waals surface area (Å²) < 4.78 is 18.8. The van der Waals surface area contributed by atoms with Crippen LogP contribution in [-0.2, 0) is 6.61 Å². The van der Waals surface area contributed by atoms with Gasteiger partial charge in [-0.15, -0.1) is 0 Å². The molecule has 0 saturated heterocycles. The second-order valence-electron chi connectivity index (χ2n) is 3.27. The maximum Gasteiger partial charge on any atom is 0.138 e. The number of rotatable bonds is 3. The Morgan fingerprint density at radius 2 is 2.00 bits per heavy atom. The van der Waals surface area contributed by atoms with Crippen molar-refractivity contribution in [1.29, 1.82) is 0 Å².